The van der Waals surface area contributed by atoms with E-state index in [1.54, 1.807) is 18.2 Å². The van der Waals surface area contributed by atoms with Crippen LogP contribution in [0.2, 0.25) is 0 Å². The first-order chi connectivity index (χ1) is 9.63. The Morgan fingerprint density at radius 2 is 1.70 bits per heavy atom. The highest BCUT2D eigenvalue weighted by molar-refractivity contribution is 5.43. The van der Waals surface area contributed by atoms with Gasteiger partial charge in [0.15, 0.2) is 10.8 Å². The Kier molecular flexibility index (Phi) is 3.23. The van der Waals surface area contributed by atoms with Crippen LogP contribution in [0.5, 0.6) is 0 Å². The molecule has 0 heterocycles. The van der Waals surface area contributed by atoms with Crippen LogP contribution in [0.1, 0.15) is 12.8 Å². The summed E-state index contributed by atoms with van der Waals surface area (Å²) in [6.45, 7) is 0. The number of rotatable bonds is 1. The summed E-state index contributed by atoms with van der Waals surface area (Å²) in [7, 11) is 1.53. The second-order valence-corrected chi connectivity index (χ2v) is 5.01. The molecule has 0 aromatic heterocycles. The molecule has 0 amide bonds. The molecule has 2 unspecified atom stereocenters. The van der Waals surface area contributed by atoms with E-state index in [0.717, 1.165) is 0 Å². The van der Waals surface area contributed by atoms with Gasteiger partial charge in [0, 0.05) is 5.92 Å². The number of allylic oxidation sites excluding steroid dienone is 3. The fraction of sp³-hybridized carbons (Fsp3) is 0.467. The molecule has 1 saturated carbocycles. The Hall–Kier alpha value is -2.76. The fourth-order valence-corrected chi connectivity index (χ4v) is 3.21. The van der Waals surface area contributed by atoms with E-state index >= 15 is 0 Å². The molecule has 0 aromatic rings. The van der Waals surface area contributed by atoms with Crippen LogP contribution in [-0.2, 0) is 4.74 Å². The molecular formula is C15H12N4O. The SMILES string of the molecule is COC1=C/CC2CC(/C=C\1)C(C#N)(C#N)C2(C#N)C#N. The van der Waals surface area contributed by atoms with E-state index < -0.39 is 16.7 Å². The van der Waals surface area contributed by atoms with Crippen molar-refractivity contribution in [2.75, 3.05) is 7.11 Å². The molecule has 0 N–H and O–H groups in total. The Morgan fingerprint density at radius 1 is 1.10 bits per heavy atom. The molecule has 0 aromatic carbocycles. The molecule has 5 nitrogen and oxygen atoms in total. The molecule has 1 fully saturated rings. The van der Waals surface area contributed by atoms with Crippen molar-refractivity contribution in [2.45, 2.75) is 12.8 Å². The summed E-state index contributed by atoms with van der Waals surface area (Å²) in [5.41, 5.74) is -3.24. The fourth-order valence-electron chi connectivity index (χ4n) is 3.21. The highest BCUT2D eigenvalue weighted by Gasteiger charge is 2.67. The summed E-state index contributed by atoms with van der Waals surface area (Å²) in [5, 5.41) is 38.1. The van der Waals surface area contributed by atoms with Gasteiger partial charge >= 0.3 is 0 Å². The van der Waals surface area contributed by atoms with Gasteiger partial charge in [-0.2, -0.15) is 21.0 Å². The standard InChI is InChI=1S/C15H12N4O/c1-20-13-4-2-11-6-12(3-5-13)15(9-18,10-19)14(11,7-16)8-17/h2,4-5,11-12H,3,6H2,1H3/b4-2-,13-5+. The molecular weight excluding hydrogens is 252 g/mol. The molecule has 2 aliphatic carbocycles. The van der Waals surface area contributed by atoms with Crippen molar-refractivity contribution in [3.8, 4) is 24.3 Å². The summed E-state index contributed by atoms with van der Waals surface area (Å²) in [5.74, 6) is -0.172. The zero-order valence-electron chi connectivity index (χ0n) is 11.0. The van der Waals surface area contributed by atoms with Gasteiger partial charge in [0.1, 0.15) is 5.76 Å². The minimum Gasteiger partial charge on any atom is -0.497 e. The van der Waals surface area contributed by atoms with Crippen molar-refractivity contribution in [3.63, 3.8) is 0 Å². The van der Waals surface area contributed by atoms with E-state index in [-0.39, 0.29) is 5.92 Å². The van der Waals surface area contributed by atoms with Crippen molar-refractivity contribution in [1.29, 1.82) is 21.0 Å². The topological polar surface area (TPSA) is 104 Å². The first-order valence-corrected chi connectivity index (χ1v) is 6.21. The lowest BCUT2D eigenvalue weighted by atomic mass is 9.62. The van der Waals surface area contributed by atoms with E-state index in [4.69, 9.17) is 4.74 Å². The third kappa shape index (κ3) is 1.45. The monoisotopic (exact) mass is 264 g/mol. The van der Waals surface area contributed by atoms with Crippen molar-refractivity contribution < 1.29 is 4.74 Å². The van der Waals surface area contributed by atoms with Crippen molar-refractivity contribution in [3.05, 3.63) is 24.0 Å². The first kappa shape index (κ1) is 13.7. The van der Waals surface area contributed by atoms with Gasteiger partial charge in [-0.25, -0.2) is 0 Å². The van der Waals surface area contributed by atoms with Crippen LogP contribution in [0.15, 0.2) is 24.0 Å². The van der Waals surface area contributed by atoms with E-state index in [0.29, 0.717) is 18.6 Å². The molecule has 98 valence electrons. The van der Waals surface area contributed by atoms with E-state index in [1.807, 2.05) is 24.3 Å². The lowest BCUT2D eigenvalue weighted by molar-refractivity contribution is 0.264. The molecule has 0 saturated heterocycles. The first-order valence-electron chi connectivity index (χ1n) is 6.21. The quantitative estimate of drug-likeness (QED) is 0.721. The number of hydrogen-bond donors (Lipinski definition) is 0. The van der Waals surface area contributed by atoms with Crippen molar-refractivity contribution in [1.82, 2.24) is 0 Å². The lowest BCUT2D eigenvalue weighted by Gasteiger charge is -2.29. The highest BCUT2D eigenvalue weighted by Crippen LogP contribution is 2.60. The Labute approximate surface area is 117 Å². The minimum atomic E-state index is -1.63. The molecule has 0 spiro atoms. The van der Waals surface area contributed by atoms with E-state index in [9.17, 15) is 21.0 Å². The third-order valence-electron chi connectivity index (χ3n) is 4.37. The molecule has 2 aliphatic rings. The van der Waals surface area contributed by atoms with E-state index in [2.05, 4.69) is 0 Å². The number of fused-ring (bicyclic) bond motifs is 2. The maximum Gasteiger partial charge on any atom is 0.181 e. The maximum atomic E-state index is 9.52. The predicted octanol–water partition coefficient (Wildman–Crippen LogP) is 2.18. The summed E-state index contributed by atoms with van der Waals surface area (Å²) in [6, 6.07) is 7.86. The van der Waals surface area contributed by atoms with Gasteiger partial charge in [-0.15, -0.1) is 0 Å². The number of nitrogens with zero attached hydrogens (tertiary/aromatic N) is 4. The summed E-state index contributed by atoms with van der Waals surface area (Å²) in [6.07, 6.45) is 6.13. The molecule has 5 heteroatoms. The molecule has 0 radical (unpaired) electrons. The maximum absolute atomic E-state index is 9.52. The Morgan fingerprint density at radius 3 is 2.20 bits per heavy atom. The lowest BCUT2D eigenvalue weighted by Crippen LogP contribution is -2.40. The molecule has 2 rings (SSSR count). The third-order valence-corrected chi connectivity index (χ3v) is 4.37. The zero-order chi connectivity index (χ0) is 14.8. The highest BCUT2D eigenvalue weighted by atomic mass is 16.5. The van der Waals surface area contributed by atoms with Crippen molar-refractivity contribution in [2.24, 2.45) is 22.7 Å². The summed E-state index contributed by atoms with van der Waals surface area (Å²) in [4.78, 5) is 0. The van der Waals surface area contributed by atoms with Crippen LogP contribution in [0, 0.1) is 68.0 Å². The van der Waals surface area contributed by atoms with Crippen molar-refractivity contribution >= 4 is 0 Å². The van der Waals surface area contributed by atoms with Gasteiger partial charge in [-0.1, -0.05) is 6.08 Å². The number of nitriles is 4. The van der Waals surface area contributed by atoms with Crippen LogP contribution < -0.4 is 0 Å². The van der Waals surface area contributed by atoms with Crippen LogP contribution in [-0.4, -0.2) is 7.11 Å². The molecule has 20 heavy (non-hydrogen) atoms. The summed E-state index contributed by atoms with van der Waals surface area (Å²) < 4.78 is 5.16. The second kappa shape index (κ2) is 4.73. The number of methoxy groups -OCH3 is 1. The van der Waals surface area contributed by atoms with Gasteiger partial charge in [0.2, 0.25) is 0 Å². The van der Waals surface area contributed by atoms with Gasteiger partial charge < -0.3 is 4.74 Å². The average Bonchev–Trinajstić information content (AvgIpc) is 2.76. The molecule has 2 bridgehead atoms. The summed E-state index contributed by atoms with van der Waals surface area (Å²) >= 11 is 0. The second-order valence-electron chi connectivity index (χ2n) is 5.01. The van der Waals surface area contributed by atoms with Crippen LogP contribution in [0.3, 0.4) is 0 Å². The molecule has 0 aliphatic heterocycles. The van der Waals surface area contributed by atoms with Gasteiger partial charge in [0.25, 0.3) is 0 Å². The zero-order valence-corrected chi connectivity index (χ0v) is 11.0. The molecule has 2 atom stereocenters. The normalized spacial score (nSPS) is 32.8. The van der Waals surface area contributed by atoms with Gasteiger partial charge in [0.05, 0.1) is 31.4 Å². The minimum absolute atomic E-state index is 0.350. The average molecular weight is 264 g/mol. The largest absolute Gasteiger partial charge is 0.497 e. The van der Waals surface area contributed by atoms with E-state index in [1.165, 1.54) is 7.11 Å². The van der Waals surface area contributed by atoms with Gasteiger partial charge in [-0.3, -0.25) is 0 Å². The number of hydrogen-bond acceptors (Lipinski definition) is 5. The Bertz CT molecular complexity index is 619. The van der Waals surface area contributed by atoms with Crippen LogP contribution in [0.25, 0.3) is 0 Å². The van der Waals surface area contributed by atoms with Crippen LogP contribution in [0.4, 0.5) is 0 Å². The van der Waals surface area contributed by atoms with Crippen LogP contribution >= 0.6 is 0 Å². The predicted molar refractivity (Wildman–Crippen MR) is 67.8 cm³/mol. The number of ether oxygens (including phenoxy) is 1. The Balaban J connectivity index is 2.67. The van der Waals surface area contributed by atoms with Gasteiger partial charge in [-0.05, 0) is 30.9 Å². The smallest absolute Gasteiger partial charge is 0.181 e.